The number of hydrogen-bond acceptors (Lipinski definition) is 4. The van der Waals surface area contributed by atoms with Gasteiger partial charge < -0.3 is 5.32 Å². The van der Waals surface area contributed by atoms with E-state index in [1.807, 2.05) is 50.4 Å². The van der Waals surface area contributed by atoms with E-state index in [0.717, 1.165) is 20.3 Å². The summed E-state index contributed by atoms with van der Waals surface area (Å²) in [6.07, 6.45) is 1.95. The molecule has 1 amide bonds. The lowest BCUT2D eigenvalue weighted by atomic mass is 10.2. The smallest absolute Gasteiger partial charge is 0.264 e. The van der Waals surface area contributed by atoms with E-state index in [4.69, 9.17) is 0 Å². The van der Waals surface area contributed by atoms with Crippen LogP contribution in [0.1, 0.15) is 11.1 Å². The van der Waals surface area contributed by atoms with Crippen molar-refractivity contribution in [3.63, 3.8) is 0 Å². The van der Waals surface area contributed by atoms with Crippen molar-refractivity contribution in [1.82, 2.24) is 0 Å². The minimum absolute atomic E-state index is 0.144. The Morgan fingerprint density at radius 3 is 2.13 bits per heavy atom. The van der Waals surface area contributed by atoms with Crippen molar-refractivity contribution in [3.05, 3.63) is 83.9 Å². The number of aryl methyl sites for hydroxylation is 2. The summed E-state index contributed by atoms with van der Waals surface area (Å²) in [5.74, 6) is -0.412. The summed E-state index contributed by atoms with van der Waals surface area (Å²) in [5.41, 5.74) is 3.03. The van der Waals surface area contributed by atoms with E-state index in [2.05, 4.69) is 5.32 Å². The maximum absolute atomic E-state index is 13.4. The Bertz CT molecular complexity index is 1130. The zero-order valence-electron chi connectivity index (χ0n) is 17.1. The largest absolute Gasteiger partial charge is 0.324 e. The first-order valence-electron chi connectivity index (χ1n) is 9.39. The van der Waals surface area contributed by atoms with E-state index < -0.39 is 15.9 Å². The number of carbonyl (C=O) groups is 1. The molecule has 0 saturated carbocycles. The normalized spacial score (nSPS) is 11.2. The van der Waals surface area contributed by atoms with E-state index in [-0.39, 0.29) is 11.4 Å². The molecule has 0 aliphatic carbocycles. The average Bonchev–Trinajstić information content (AvgIpc) is 2.73. The molecular weight excluding hydrogens is 416 g/mol. The van der Waals surface area contributed by atoms with Crippen molar-refractivity contribution in [2.75, 3.05) is 22.4 Å². The van der Waals surface area contributed by atoms with E-state index in [1.165, 1.54) is 0 Å². The van der Waals surface area contributed by atoms with Gasteiger partial charge in [0.2, 0.25) is 5.91 Å². The summed E-state index contributed by atoms with van der Waals surface area (Å²) in [6, 6.07) is 21.1. The van der Waals surface area contributed by atoms with Gasteiger partial charge in [-0.2, -0.15) is 0 Å². The maximum Gasteiger partial charge on any atom is 0.264 e. The molecule has 0 atom stereocenters. The molecule has 0 aromatic heterocycles. The van der Waals surface area contributed by atoms with E-state index in [9.17, 15) is 13.2 Å². The molecule has 0 fully saturated rings. The Kier molecular flexibility index (Phi) is 6.84. The van der Waals surface area contributed by atoms with Gasteiger partial charge in [-0.25, -0.2) is 8.42 Å². The van der Waals surface area contributed by atoms with Gasteiger partial charge >= 0.3 is 0 Å². The molecule has 156 valence electrons. The van der Waals surface area contributed by atoms with Crippen LogP contribution < -0.4 is 9.62 Å². The van der Waals surface area contributed by atoms with E-state index in [1.54, 1.807) is 54.2 Å². The minimum atomic E-state index is -3.92. The lowest BCUT2D eigenvalue weighted by Gasteiger charge is -2.24. The van der Waals surface area contributed by atoms with Crippen LogP contribution in [0.2, 0.25) is 0 Å². The Morgan fingerprint density at radius 1 is 0.933 bits per heavy atom. The molecule has 3 aromatic rings. The van der Waals surface area contributed by atoms with Crippen LogP contribution in [0, 0.1) is 13.8 Å². The number of thioether (sulfide) groups is 1. The maximum atomic E-state index is 13.4. The van der Waals surface area contributed by atoms with Gasteiger partial charge in [-0.05, 0) is 62.6 Å². The molecule has 0 bridgehead atoms. The first-order chi connectivity index (χ1) is 14.3. The number of benzene rings is 3. The van der Waals surface area contributed by atoms with Gasteiger partial charge in [0.25, 0.3) is 10.0 Å². The molecule has 5 nitrogen and oxygen atoms in total. The number of nitrogens with zero attached hydrogens (tertiary/aromatic N) is 1. The molecule has 1 N–H and O–H groups in total. The summed E-state index contributed by atoms with van der Waals surface area (Å²) >= 11 is 1.57. The number of hydrogen-bond donors (Lipinski definition) is 1. The summed E-state index contributed by atoms with van der Waals surface area (Å²) < 4.78 is 27.9. The second-order valence-electron chi connectivity index (χ2n) is 6.94. The number of anilines is 2. The number of amides is 1. The van der Waals surface area contributed by atoms with Crippen LogP contribution in [0.25, 0.3) is 0 Å². The van der Waals surface area contributed by atoms with Crippen LogP contribution in [-0.4, -0.2) is 27.1 Å². The second-order valence-corrected chi connectivity index (χ2v) is 9.68. The van der Waals surface area contributed by atoms with Gasteiger partial charge in [-0.15, -0.1) is 11.8 Å². The van der Waals surface area contributed by atoms with Crippen LogP contribution in [0.5, 0.6) is 0 Å². The van der Waals surface area contributed by atoms with Gasteiger partial charge in [0, 0.05) is 10.6 Å². The third-order valence-electron chi connectivity index (χ3n) is 4.57. The van der Waals surface area contributed by atoms with Crippen LogP contribution in [0.15, 0.2) is 82.6 Å². The van der Waals surface area contributed by atoms with Crippen LogP contribution in [0.4, 0.5) is 11.4 Å². The third kappa shape index (κ3) is 5.23. The topological polar surface area (TPSA) is 66.5 Å². The number of nitrogens with one attached hydrogen (secondary N) is 1. The number of sulfonamides is 1. The van der Waals surface area contributed by atoms with Crippen molar-refractivity contribution in [1.29, 1.82) is 0 Å². The SMILES string of the molecule is CSc1cccc(NC(=O)CN(c2ccc(C)cc2)S(=O)(=O)c2ccc(C)cc2)c1. The minimum Gasteiger partial charge on any atom is -0.324 e. The van der Waals surface area contributed by atoms with Gasteiger partial charge in [0.15, 0.2) is 0 Å². The Balaban J connectivity index is 1.92. The van der Waals surface area contributed by atoms with Crippen molar-refractivity contribution >= 4 is 39.1 Å². The predicted octanol–water partition coefficient (Wildman–Crippen LogP) is 4.86. The molecular formula is C23H24N2O3S2. The van der Waals surface area contributed by atoms with Crippen molar-refractivity contribution in [2.24, 2.45) is 0 Å². The third-order valence-corrected chi connectivity index (χ3v) is 7.09. The molecule has 7 heteroatoms. The molecule has 3 aromatic carbocycles. The highest BCUT2D eigenvalue weighted by Crippen LogP contribution is 2.25. The fourth-order valence-electron chi connectivity index (χ4n) is 2.90. The zero-order chi connectivity index (χ0) is 21.7. The standard InChI is InChI=1S/C23H24N2O3S2/c1-17-7-11-20(12-8-17)25(30(27,28)22-13-9-18(2)10-14-22)16-23(26)24-19-5-4-6-21(15-19)29-3/h4-15H,16H2,1-3H3,(H,24,26). The highest BCUT2D eigenvalue weighted by molar-refractivity contribution is 7.98. The van der Waals surface area contributed by atoms with Crippen molar-refractivity contribution in [3.8, 4) is 0 Å². The quantitative estimate of drug-likeness (QED) is 0.533. The summed E-state index contributed by atoms with van der Waals surface area (Å²) in [7, 11) is -3.92. The van der Waals surface area contributed by atoms with Crippen molar-refractivity contribution in [2.45, 2.75) is 23.6 Å². The Labute approximate surface area is 182 Å². The van der Waals surface area contributed by atoms with Crippen LogP contribution >= 0.6 is 11.8 Å². The summed E-state index contributed by atoms with van der Waals surface area (Å²) in [5, 5.41) is 2.80. The van der Waals surface area contributed by atoms with Crippen LogP contribution in [0.3, 0.4) is 0 Å². The highest BCUT2D eigenvalue weighted by Gasteiger charge is 2.27. The molecule has 0 unspecified atom stereocenters. The van der Waals surface area contributed by atoms with Gasteiger partial charge in [-0.1, -0.05) is 41.5 Å². The molecule has 30 heavy (non-hydrogen) atoms. The van der Waals surface area contributed by atoms with Crippen molar-refractivity contribution < 1.29 is 13.2 Å². The average molecular weight is 441 g/mol. The van der Waals surface area contributed by atoms with Crippen LogP contribution in [-0.2, 0) is 14.8 Å². The molecule has 0 aliphatic rings. The number of carbonyl (C=O) groups excluding carboxylic acids is 1. The molecule has 0 spiro atoms. The fourth-order valence-corrected chi connectivity index (χ4v) is 4.78. The first kappa shape index (κ1) is 21.9. The monoisotopic (exact) mass is 440 g/mol. The summed E-state index contributed by atoms with van der Waals surface area (Å²) in [6.45, 7) is 3.49. The Morgan fingerprint density at radius 2 is 1.53 bits per heavy atom. The van der Waals surface area contributed by atoms with Gasteiger partial charge in [-0.3, -0.25) is 9.10 Å². The molecule has 0 heterocycles. The summed E-state index contributed by atoms with van der Waals surface area (Å²) in [4.78, 5) is 13.9. The molecule has 3 rings (SSSR count). The fraction of sp³-hybridized carbons (Fsp3) is 0.174. The van der Waals surface area contributed by atoms with E-state index in [0.29, 0.717) is 11.4 Å². The molecule has 0 aliphatic heterocycles. The second kappa shape index (κ2) is 9.36. The lowest BCUT2D eigenvalue weighted by molar-refractivity contribution is -0.114. The highest BCUT2D eigenvalue weighted by atomic mass is 32.2. The zero-order valence-corrected chi connectivity index (χ0v) is 18.8. The number of rotatable bonds is 7. The lowest BCUT2D eigenvalue weighted by Crippen LogP contribution is -2.38. The molecule has 0 saturated heterocycles. The molecule has 0 radical (unpaired) electrons. The van der Waals surface area contributed by atoms with Gasteiger partial charge in [0.05, 0.1) is 10.6 Å². The van der Waals surface area contributed by atoms with Gasteiger partial charge in [0.1, 0.15) is 6.54 Å². The van der Waals surface area contributed by atoms with E-state index >= 15 is 0 Å². The Hall–Kier alpha value is -2.77. The predicted molar refractivity (Wildman–Crippen MR) is 124 cm³/mol. The first-order valence-corrected chi connectivity index (χ1v) is 12.1.